The average Bonchev–Trinajstić information content (AvgIpc) is 2.70. The molecule has 0 N–H and O–H groups in total. The minimum atomic E-state index is -2.08. The van der Waals surface area contributed by atoms with Crippen molar-refractivity contribution in [3.63, 3.8) is 0 Å². The first kappa shape index (κ1) is 20.4. The van der Waals surface area contributed by atoms with Gasteiger partial charge in [0.2, 0.25) is 0 Å². The van der Waals surface area contributed by atoms with E-state index in [1.54, 1.807) is 18.2 Å². The van der Waals surface area contributed by atoms with E-state index in [9.17, 15) is 8.78 Å². The van der Waals surface area contributed by atoms with Gasteiger partial charge in [-0.2, -0.15) is 0 Å². The minimum Gasteiger partial charge on any atom is -0.233 e. The van der Waals surface area contributed by atoms with Crippen LogP contribution in [0.1, 0.15) is 62.1 Å². The lowest BCUT2D eigenvalue weighted by atomic mass is 9.78. The maximum Gasteiger partial charge on any atom is 0.167 e. The second-order valence-corrected chi connectivity index (χ2v) is 7.48. The number of unbranched alkanes of at least 4 members (excludes halogenated alkanes) is 4. The summed E-state index contributed by atoms with van der Waals surface area (Å²) < 4.78 is 44.2. The predicted molar refractivity (Wildman–Crippen MR) is 110 cm³/mol. The number of allylic oxidation sites excluding steroid dienone is 4. The van der Waals surface area contributed by atoms with E-state index in [2.05, 4.69) is 6.92 Å². The van der Waals surface area contributed by atoms with Crippen LogP contribution < -0.4 is 0 Å². The van der Waals surface area contributed by atoms with Crippen LogP contribution >= 0.6 is 0 Å². The van der Waals surface area contributed by atoms with E-state index < -0.39 is 17.3 Å². The van der Waals surface area contributed by atoms with Crippen LogP contribution in [0.4, 0.5) is 13.2 Å². The fraction of sp³-hybridized carbons (Fsp3) is 0.360. The summed E-state index contributed by atoms with van der Waals surface area (Å²) in [6, 6.07) is 11.5. The lowest BCUT2D eigenvalue weighted by Crippen LogP contribution is -2.25. The molecule has 3 heteroatoms. The molecule has 0 fully saturated rings. The van der Waals surface area contributed by atoms with Gasteiger partial charge in [-0.05, 0) is 30.0 Å². The van der Waals surface area contributed by atoms with Crippen molar-refractivity contribution < 1.29 is 13.2 Å². The minimum absolute atomic E-state index is 0.0134. The van der Waals surface area contributed by atoms with Crippen LogP contribution in [-0.2, 0) is 12.1 Å². The van der Waals surface area contributed by atoms with Gasteiger partial charge in [0.05, 0.1) is 0 Å². The van der Waals surface area contributed by atoms with Crippen LogP contribution in [0.3, 0.4) is 0 Å². The zero-order valence-electron chi connectivity index (χ0n) is 16.4. The molecule has 0 aliphatic heterocycles. The van der Waals surface area contributed by atoms with E-state index in [-0.39, 0.29) is 12.0 Å². The van der Waals surface area contributed by atoms with E-state index in [1.165, 1.54) is 37.8 Å². The normalized spacial score (nSPS) is 18.9. The molecule has 2 aromatic rings. The Bertz CT molecular complexity index is 866. The molecule has 0 nitrogen and oxygen atoms in total. The van der Waals surface area contributed by atoms with E-state index in [0.717, 1.165) is 30.0 Å². The van der Waals surface area contributed by atoms with Crippen LogP contribution in [0.15, 0.2) is 60.7 Å². The number of rotatable bonds is 8. The van der Waals surface area contributed by atoms with Gasteiger partial charge in [-0.3, -0.25) is 0 Å². The summed E-state index contributed by atoms with van der Waals surface area (Å²) in [4.78, 5) is 0. The van der Waals surface area contributed by atoms with Gasteiger partial charge in [0, 0.05) is 17.6 Å². The summed E-state index contributed by atoms with van der Waals surface area (Å²) >= 11 is 0. The molecule has 0 bridgehead atoms. The molecule has 0 radical (unpaired) electrons. The SMILES string of the molecule is CCCCCCCc1cccc(C2=CC=CCC2(F)c2cccc(F)c2F)c1. The van der Waals surface area contributed by atoms with Crippen molar-refractivity contribution >= 4 is 5.57 Å². The van der Waals surface area contributed by atoms with Crippen LogP contribution in [0.25, 0.3) is 5.57 Å². The lowest BCUT2D eigenvalue weighted by Gasteiger charge is -2.30. The van der Waals surface area contributed by atoms with Gasteiger partial charge in [-0.25, -0.2) is 13.2 Å². The summed E-state index contributed by atoms with van der Waals surface area (Å²) in [5.41, 5.74) is -0.0748. The Morgan fingerprint density at radius 1 is 0.964 bits per heavy atom. The molecule has 0 saturated carbocycles. The molecular formula is C25H27F3. The van der Waals surface area contributed by atoms with Crippen LogP contribution in [0.2, 0.25) is 0 Å². The topological polar surface area (TPSA) is 0 Å². The molecular weight excluding hydrogens is 357 g/mol. The third kappa shape index (κ3) is 4.40. The Balaban J connectivity index is 1.86. The van der Waals surface area contributed by atoms with Crippen molar-refractivity contribution in [1.29, 1.82) is 0 Å². The fourth-order valence-electron chi connectivity index (χ4n) is 3.85. The molecule has 0 aromatic heterocycles. The van der Waals surface area contributed by atoms with E-state index in [1.807, 2.05) is 24.3 Å². The first-order valence-electron chi connectivity index (χ1n) is 10.2. The van der Waals surface area contributed by atoms with Crippen molar-refractivity contribution in [2.24, 2.45) is 0 Å². The van der Waals surface area contributed by atoms with Crippen molar-refractivity contribution in [3.05, 3.63) is 89.0 Å². The smallest absolute Gasteiger partial charge is 0.167 e. The second kappa shape index (κ2) is 9.27. The highest BCUT2D eigenvalue weighted by atomic mass is 19.2. The first-order valence-corrected chi connectivity index (χ1v) is 10.2. The lowest BCUT2D eigenvalue weighted by molar-refractivity contribution is 0.239. The third-order valence-electron chi connectivity index (χ3n) is 5.41. The number of halogens is 3. The van der Waals surface area contributed by atoms with Gasteiger partial charge in [0.15, 0.2) is 17.3 Å². The third-order valence-corrected chi connectivity index (χ3v) is 5.41. The van der Waals surface area contributed by atoms with E-state index in [0.29, 0.717) is 5.57 Å². The highest BCUT2D eigenvalue weighted by Crippen LogP contribution is 2.46. The standard InChI is InChI=1S/C25H27F3/c1-2-3-4-5-6-11-19-12-9-13-20(18-19)21-14-7-8-17-25(21,28)22-15-10-16-23(26)24(22)27/h7-10,12-16,18H,2-6,11,17H2,1H3. The molecule has 1 aliphatic carbocycles. The number of alkyl halides is 1. The first-order chi connectivity index (χ1) is 13.6. The van der Waals surface area contributed by atoms with Gasteiger partial charge in [0.1, 0.15) is 0 Å². The van der Waals surface area contributed by atoms with Gasteiger partial charge in [-0.15, -0.1) is 0 Å². The number of aryl methyl sites for hydroxylation is 1. The molecule has 2 aromatic carbocycles. The van der Waals surface area contributed by atoms with Gasteiger partial charge >= 0.3 is 0 Å². The molecule has 1 unspecified atom stereocenters. The number of benzene rings is 2. The summed E-state index contributed by atoms with van der Waals surface area (Å²) in [6.07, 6.45) is 12.0. The highest BCUT2D eigenvalue weighted by Gasteiger charge is 2.40. The largest absolute Gasteiger partial charge is 0.233 e. The zero-order chi connectivity index (χ0) is 20.0. The molecule has 3 rings (SSSR count). The van der Waals surface area contributed by atoms with E-state index >= 15 is 4.39 Å². The van der Waals surface area contributed by atoms with Crippen molar-refractivity contribution in [2.45, 2.75) is 57.5 Å². The summed E-state index contributed by atoms with van der Waals surface area (Å²) in [5, 5.41) is 0. The van der Waals surface area contributed by atoms with Gasteiger partial charge in [0.25, 0.3) is 0 Å². The monoisotopic (exact) mass is 384 g/mol. The zero-order valence-corrected chi connectivity index (χ0v) is 16.4. The predicted octanol–water partition coefficient (Wildman–Crippen LogP) is 7.69. The van der Waals surface area contributed by atoms with E-state index in [4.69, 9.17) is 0 Å². The summed E-state index contributed by atoms with van der Waals surface area (Å²) in [6.45, 7) is 2.19. The Labute approximate surface area is 165 Å². The van der Waals surface area contributed by atoms with Crippen LogP contribution in [0.5, 0.6) is 0 Å². The maximum absolute atomic E-state index is 16.1. The fourth-order valence-corrected chi connectivity index (χ4v) is 3.85. The molecule has 0 saturated heterocycles. The molecule has 0 heterocycles. The van der Waals surface area contributed by atoms with Crippen molar-refractivity contribution in [1.82, 2.24) is 0 Å². The molecule has 148 valence electrons. The average molecular weight is 384 g/mol. The van der Waals surface area contributed by atoms with Gasteiger partial charge < -0.3 is 0 Å². The summed E-state index contributed by atoms with van der Waals surface area (Å²) in [7, 11) is 0. The maximum atomic E-state index is 16.1. The molecule has 0 spiro atoms. The summed E-state index contributed by atoms with van der Waals surface area (Å²) in [5.74, 6) is -2.14. The highest BCUT2D eigenvalue weighted by molar-refractivity contribution is 5.77. The molecule has 1 atom stereocenters. The van der Waals surface area contributed by atoms with Crippen LogP contribution in [-0.4, -0.2) is 0 Å². The quantitative estimate of drug-likeness (QED) is 0.409. The molecule has 28 heavy (non-hydrogen) atoms. The Hall–Kier alpha value is -2.29. The molecule has 0 amide bonds. The van der Waals surface area contributed by atoms with Crippen LogP contribution in [0, 0.1) is 11.6 Å². The molecule has 1 aliphatic rings. The van der Waals surface area contributed by atoms with Crippen molar-refractivity contribution in [3.8, 4) is 0 Å². The Kier molecular flexibility index (Phi) is 6.77. The Morgan fingerprint density at radius 2 is 1.75 bits per heavy atom. The number of hydrogen-bond acceptors (Lipinski definition) is 0. The second-order valence-electron chi connectivity index (χ2n) is 7.48. The van der Waals surface area contributed by atoms with Gasteiger partial charge in [-0.1, -0.05) is 87.2 Å². The Morgan fingerprint density at radius 3 is 2.57 bits per heavy atom. The van der Waals surface area contributed by atoms with Crippen molar-refractivity contribution in [2.75, 3.05) is 0 Å². The number of hydrogen-bond donors (Lipinski definition) is 0.